The molecule has 1 saturated carbocycles. The molecule has 1 aliphatic carbocycles. The first-order valence-electron chi connectivity index (χ1n) is 7.10. The molecule has 3 N–H and O–H groups in total. The number of nitrogens with one attached hydrogen (secondary N) is 1. The molecular formula is C15H20ClF3N2. The maximum atomic E-state index is 12.9. The molecule has 6 heteroatoms. The third kappa shape index (κ3) is 4.04. The van der Waals surface area contributed by atoms with E-state index in [4.69, 9.17) is 17.3 Å². The molecule has 1 aliphatic rings. The zero-order valence-corrected chi connectivity index (χ0v) is 12.7. The number of halogens is 4. The summed E-state index contributed by atoms with van der Waals surface area (Å²) >= 11 is 5.82. The van der Waals surface area contributed by atoms with Crippen LogP contribution in [0.4, 0.5) is 18.9 Å². The molecule has 1 aromatic carbocycles. The molecule has 0 amide bonds. The number of benzene rings is 1. The van der Waals surface area contributed by atoms with E-state index in [0.717, 1.165) is 37.8 Å². The average molecular weight is 321 g/mol. The monoisotopic (exact) mass is 320 g/mol. The second-order valence-corrected chi connectivity index (χ2v) is 6.47. The van der Waals surface area contributed by atoms with Gasteiger partial charge in [-0.25, -0.2) is 0 Å². The lowest BCUT2D eigenvalue weighted by atomic mass is 9.76. The summed E-state index contributed by atoms with van der Waals surface area (Å²) in [5, 5.41) is 3.29. The van der Waals surface area contributed by atoms with Crippen molar-refractivity contribution in [1.29, 1.82) is 0 Å². The van der Waals surface area contributed by atoms with Gasteiger partial charge < -0.3 is 11.1 Å². The Morgan fingerprint density at radius 3 is 2.67 bits per heavy atom. The molecule has 2 rings (SSSR count). The fourth-order valence-electron chi connectivity index (χ4n) is 3.14. The van der Waals surface area contributed by atoms with E-state index in [0.29, 0.717) is 18.2 Å². The van der Waals surface area contributed by atoms with Crippen LogP contribution in [-0.2, 0) is 6.18 Å². The van der Waals surface area contributed by atoms with Gasteiger partial charge in [0.05, 0.1) is 5.56 Å². The molecule has 0 heterocycles. The topological polar surface area (TPSA) is 38.0 Å². The van der Waals surface area contributed by atoms with E-state index in [1.54, 1.807) is 0 Å². The van der Waals surface area contributed by atoms with Crippen LogP contribution in [0, 0.1) is 5.92 Å². The van der Waals surface area contributed by atoms with Gasteiger partial charge in [0, 0.05) is 22.8 Å². The minimum Gasteiger partial charge on any atom is -0.378 e. The van der Waals surface area contributed by atoms with Crippen molar-refractivity contribution in [2.24, 2.45) is 11.7 Å². The third-order valence-corrected chi connectivity index (χ3v) is 4.34. The van der Waals surface area contributed by atoms with Crippen molar-refractivity contribution in [3.63, 3.8) is 0 Å². The molecule has 0 spiro atoms. The SMILES string of the molecule is CC1CCCC(CN)(Nc2cc(Cl)cc(C(F)(F)F)c2)C1. The second-order valence-electron chi connectivity index (χ2n) is 6.04. The summed E-state index contributed by atoms with van der Waals surface area (Å²) in [6.07, 6.45) is -0.527. The van der Waals surface area contributed by atoms with Crippen LogP contribution < -0.4 is 11.1 Å². The lowest BCUT2D eigenvalue weighted by Crippen LogP contribution is -2.48. The highest BCUT2D eigenvalue weighted by atomic mass is 35.5. The summed E-state index contributed by atoms with van der Waals surface area (Å²) < 4.78 is 38.6. The number of alkyl halides is 3. The van der Waals surface area contributed by atoms with Gasteiger partial charge in [0.15, 0.2) is 0 Å². The van der Waals surface area contributed by atoms with Gasteiger partial charge in [-0.15, -0.1) is 0 Å². The highest BCUT2D eigenvalue weighted by Gasteiger charge is 2.35. The second kappa shape index (κ2) is 6.05. The van der Waals surface area contributed by atoms with Gasteiger partial charge in [0.25, 0.3) is 0 Å². The Bertz CT molecular complexity index is 504. The molecule has 0 radical (unpaired) electrons. The van der Waals surface area contributed by atoms with Crippen LogP contribution >= 0.6 is 11.6 Å². The number of hydrogen-bond acceptors (Lipinski definition) is 2. The Balaban J connectivity index is 2.27. The van der Waals surface area contributed by atoms with Crippen molar-refractivity contribution in [2.75, 3.05) is 11.9 Å². The summed E-state index contributed by atoms with van der Waals surface area (Å²) in [7, 11) is 0. The number of hydrogen-bond donors (Lipinski definition) is 2. The van der Waals surface area contributed by atoms with Crippen molar-refractivity contribution in [3.8, 4) is 0 Å². The van der Waals surface area contributed by atoms with Gasteiger partial charge in [-0.3, -0.25) is 0 Å². The molecule has 2 atom stereocenters. The molecule has 1 fully saturated rings. The lowest BCUT2D eigenvalue weighted by molar-refractivity contribution is -0.137. The van der Waals surface area contributed by atoms with E-state index in [1.807, 2.05) is 0 Å². The van der Waals surface area contributed by atoms with Crippen molar-refractivity contribution in [1.82, 2.24) is 0 Å². The van der Waals surface area contributed by atoms with Crippen LogP contribution in [-0.4, -0.2) is 12.1 Å². The number of nitrogens with two attached hydrogens (primary N) is 1. The molecule has 0 aromatic heterocycles. The molecule has 118 valence electrons. The fourth-order valence-corrected chi connectivity index (χ4v) is 3.38. The molecular weight excluding hydrogens is 301 g/mol. The minimum absolute atomic E-state index is 0.0726. The van der Waals surface area contributed by atoms with Crippen molar-refractivity contribution >= 4 is 17.3 Å². The minimum atomic E-state index is -4.41. The van der Waals surface area contributed by atoms with Crippen molar-refractivity contribution in [2.45, 2.75) is 44.3 Å². The third-order valence-electron chi connectivity index (χ3n) is 4.12. The first-order valence-corrected chi connectivity index (χ1v) is 7.48. The average Bonchev–Trinajstić information content (AvgIpc) is 2.37. The molecule has 0 bridgehead atoms. The number of anilines is 1. The van der Waals surface area contributed by atoms with E-state index >= 15 is 0 Å². The van der Waals surface area contributed by atoms with Crippen LogP contribution in [0.3, 0.4) is 0 Å². The van der Waals surface area contributed by atoms with Crippen LogP contribution in [0.5, 0.6) is 0 Å². The van der Waals surface area contributed by atoms with Gasteiger partial charge in [0.2, 0.25) is 0 Å². The predicted octanol–water partition coefficient (Wildman–Crippen LogP) is 4.68. The highest BCUT2D eigenvalue weighted by molar-refractivity contribution is 6.30. The van der Waals surface area contributed by atoms with Gasteiger partial charge in [-0.1, -0.05) is 31.4 Å². The van der Waals surface area contributed by atoms with Crippen LogP contribution in [0.15, 0.2) is 18.2 Å². The van der Waals surface area contributed by atoms with E-state index in [-0.39, 0.29) is 10.6 Å². The summed E-state index contributed by atoms with van der Waals surface area (Å²) in [5.41, 5.74) is 5.19. The molecule has 0 aliphatic heterocycles. The van der Waals surface area contributed by atoms with E-state index in [2.05, 4.69) is 12.2 Å². The molecule has 0 saturated heterocycles. The smallest absolute Gasteiger partial charge is 0.378 e. The molecule has 2 nitrogen and oxygen atoms in total. The highest BCUT2D eigenvalue weighted by Crippen LogP contribution is 2.37. The Kier molecular flexibility index (Phi) is 4.73. The Morgan fingerprint density at radius 2 is 2.10 bits per heavy atom. The molecule has 1 aromatic rings. The van der Waals surface area contributed by atoms with Crippen LogP contribution in [0.2, 0.25) is 5.02 Å². The largest absolute Gasteiger partial charge is 0.416 e. The lowest BCUT2D eigenvalue weighted by Gasteiger charge is -2.41. The zero-order valence-electron chi connectivity index (χ0n) is 11.9. The van der Waals surface area contributed by atoms with Gasteiger partial charge in [-0.05, 0) is 37.0 Å². The number of rotatable bonds is 3. The van der Waals surface area contributed by atoms with Crippen LogP contribution in [0.25, 0.3) is 0 Å². The first kappa shape index (κ1) is 16.4. The van der Waals surface area contributed by atoms with E-state index in [9.17, 15) is 13.2 Å². The van der Waals surface area contributed by atoms with E-state index in [1.165, 1.54) is 6.07 Å². The Labute approximate surface area is 127 Å². The van der Waals surface area contributed by atoms with Crippen molar-refractivity contribution < 1.29 is 13.2 Å². The van der Waals surface area contributed by atoms with E-state index < -0.39 is 11.7 Å². The predicted molar refractivity (Wildman–Crippen MR) is 79.5 cm³/mol. The zero-order chi connectivity index (χ0) is 15.7. The van der Waals surface area contributed by atoms with Crippen LogP contribution in [0.1, 0.15) is 38.2 Å². The Morgan fingerprint density at radius 1 is 1.38 bits per heavy atom. The Hall–Kier alpha value is -0.940. The normalized spacial score (nSPS) is 26.7. The fraction of sp³-hybridized carbons (Fsp3) is 0.600. The van der Waals surface area contributed by atoms with Gasteiger partial charge in [0.1, 0.15) is 0 Å². The van der Waals surface area contributed by atoms with Crippen molar-refractivity contribution in [3.05, 3.63) is 28.8 Å². The summed E-state index contributed by atoms with van der Waals surface area (Å²) in [6, 6.07) is 3.56. The van der Waals surface area contributed by atoms with Gasteiger partial charge in [-0.2, -0.15) is 13.2 Å². The quantitative estimate of drug-likeness (QED) is 0.848. The summed E-state index contributed by atoms with van der Waals surface area (Å²) in [6.45, 7) is 2.54. The molecule has 21 heavy (non-hydrogen) atoms. The maximum Gasteiger partial charge on any atom is 0.416 e. The summed E-state index contributed by atoms with van der Waals surface area (Å²) in [4.78, 5) is 0. The van der Waals surface area contributed by atoms with Gasteiger partial charge >= 0.3 is 6.18 Å². The molecule has 2 unspecified atom stereocenters. The first-order chi connectivity index (χ1) is 9.74. The summed E-state index contributed by atoms with van der Waals surface area (Å²) in [5.74, 6) is 0.510. The standard InChI is InChI=1S/C15H20ClF3N2/c1-10-3-2-4-14(8-10,9-20)21-13-6-11(15(17,18)19)5-12(16)7-13/h5-7,10,21H,2-4,8-9,20H2,1H3. The maximum absolute atomic E-state index is 12.9.